The van der Waals surface area contributed by atoms with Crippen LogP contribution in [0.4, 0.5) is 0 Å². The van der Waals surface area contributed by atoms with Crippen LogP contribution >= 0.6 is 0 Å². The largest absolute Gasteiger partial charge is 0.462 e. The molecule has 0 bridgehead atoms. The number of aliphatic hydroxyl groups excluding tert-OH is 2. The van der Waals surface area contributed by atoms with Gasteiger partial charge in [0.25, 0.3) is 0 Å². The summed E-state index contributed by atoms with van der Waals surface area (Å²) in [6.45, 7) is 6.39. The first-order valence-electron chi connectivity index (χ1n) is 26.7. The first-order chi connectivity index (χ1) is 30.0. The van der Waals surface area contributed by atoms with Crippen LogP contribution in [0.15, 0.2) is 36.5 Å². The van der Waals surface area contributed by atoms with Gasteiger partial charge in [0, 0.05) is 6.42 Å². The van der Waals surface area contributed by atoms with E-state index in [-0.39, 0.29) is 24.9 Å². The van der Waals surface area contributed by atoms with Crippen LogP contribution in [0.2, 0.25) is 0 Å². The lowest BCUT2D eigenvalue weighted by Crippen LogP contribution is -2.46. The molecule has 6 nitrogen and oxygen atoms in total. The van der Waals surface area contributed by atoms with Crippen molar-refractivity contribution in [3.63, 3.8) is 0 Å². The van der Waals surface area contributed by atoms with E-state index >= 15 is 0 Å². The number of hydrogen-bond donors (Lipinski definition) is 3. The zero-order valence-corrected chi connectivity index (χ0v) is 40.8. The lowest BCUT2D eigenvalue weighted by molar-refractivity contribution is -0.151. The highest BCUT2D eigenvalue weighted by Gasteiger charge is 2.24. The number of unbranched alkanes of at least 4 members (excludes halogenated alkanes) is 30. The van der Waals surface area contributed by atoms with Gasteiger partial charge in [-0.3, -0.25) is 9.59 Å². The summed E-state index contributed by atoms with van der Waals surface area (Å²) in [6, 6.07) is -0.700. The summed E-state index contributed by atoms with van der Waals surface area (Å²) in [6.07, 6.45) is 57.7. The fraction of sp³-hybridized carbons (Fsp3) is 0.855. The van der Waals surface area contributed by atoms with E-state index in [1.54, 1.807) is 0 Å². The maximum absolute atomic E-state index is 13.2. The second kappa shape index (κ2) is 49.1. The van der Waals surface area contributed by atoms with Crippen LogP contribution in [-0.4, -0.2) is 46.9 Å². The fourth-order valence-corrected chi connectivity index (χ4v) is 8.21. The van der Waals surface area contributed by atoms with Gasteiger partial charge in [0.1, 0.15) is 6.10 Å². The van der Waals surface area contributed by atoms with Crippen molar-refractivity contribution in [1.82, 2.24) is 5.32 Å². The summed E-state index contributed by atoms with van der Waals surface area (Å²) >= 11 is 0. The van der Waals surface area contributed by atoms with Crippen LogP contribution in [0.3, 0.4) is 0 Å². The van der Waals surface area contributed by atoms with Crippen molar-refractivity contribution in [3.8, 4) is 0 Å². The molecule has 0 spiro atoms. The maximum Gasteiger partial charge on any atom is 0.306 e. The third kappa shape index (κ3) is 44.5. The van der Waals surface area contributed by atoms with Gasteiger partial charge in [0.2, 0.25) is 5.91 Å². The zero-order chi connectivity index (χ0) is 44.5. The molecule has 0 heterocycles. The second-order valence-electron chi connectivity index (χ2n) is 18.3. The molecule has 0 radical (unpaired) electrons. The van der Waals surface area contributed by atoms with E-state index in [9.17, 15) is 19.8 Å². The SMILES string of the molecule is CC/C=C/C/C=C/C/C=C/CCCCCCCCC(=O)OC(CCCCCCCCCCCCCCCCC)CC(=O)NC(CO)C(O)CCCCCCCCCCCCC. The van der Waals surface area contributed by atoms with Crippen molar-refractivity contribution >= 4 is 11.9 Å². The molecule has 0 aromatic carbocycles. The van der Waals surface area contributed by atoms with E-state index in [0.717, 1.165) is 70.6 Å². The van der Waals surface area contributed by atoms with Crippen molar-refractivity contribution in [2.45, 2.75) is 296 Å². The Kier molecular flexibility index (Phi) is 47.6. The van der Waals surface area contributed by atoms with Crippen LogP contribution in [0.1, 0.15) is 278 Å². The van der Waals surface area contributed by atoms with E-state index in [2.05, 4.69) is 62.5 Å². The van der Waals surface area contributed by atoms with E-state index in [1.807, 2.05) is 0 Å². The molecular formula is C55H103NO5. The quantitative estimate of drug-likeness (QED) is 0.0322. The standard InChI is InChI=1S/C55H103NO5/c1-4-7-10-13-16-19-22-24-26-28-30-33-36-39-42-45-48-55(60)61-51(46-43-40-37-34-32-29-27-25-23-20-17-14-11-8-5-2)49-54(59)56-52(50-57)53(58)47-44-41-38-35-31-21-18-15-12-9-6-3/h7,10,16,19,24,26,51-53,57-58H,4-6,8-9,11-15,17-18,20-23,25,27-50H2,1-3H3,(H,56,59)/b10-7+,19-16+,26-24+. The molecular weight excluding hydrogens is 755 g/mol. The van der Waals surface area contributed by atoms with Crippen molar-refractivity contribution in [3.05, 3.63) is 36.5 Å². The second-order valence-corrected chi connectivity index (χ2v) is 18.3. The van der Waals surface area contributed by atoms with Crippen LogP contribution in [0.5, 0.6) is 0 Å². The molecule has 6 heteroatoms. The number of nitrogens with one attached hydrogen (secondary N) is 1. The first kappa shape index (κ1) is 59.1. The Hall–Kier alpha value is -1.92. The van der Waals surface area contributed by atoms with Gasteiger partial charge in [0.05, 0.1) is 25.2 Å². The monoisotopic (exact) mass is 858 g/mol. The molecule has 0 rings (SSSR count). The molecule has 61 heavy (non-hydrogen) atoms. The van der Waals surface area contributed by atoms with E-state index in [4.69, 9.17) is 4.74 Å². The lowest BCUT2D eigenvalue weighted by Gasteiger charge is -2.24. The Morgan fingerprint density at radius 2 is 0.885 bits per heavy atom. The van der Waals surface area contributed by atoms with Crippen molar-refractivity contribution in [2.75, 3.05) is 6.61 Å². The van der Waals surface area contributed by atoms with Gasteiger partial charge >= 0.3 is 5.97 Å². The van der Waals surface area contributed by atoms with Crippen molar-refractivity contribution in [2.24, 2.45) is 0 Å². The highest BCUT2D eigenvalue weighted by molar-refractivity contribution is 5.77. The Balaban J connectivity index is 4.57. The van der Waals surface area contributed by atoms with Gasteiger partial charge in [-0.1, -0.05) is 243 Å². The maximum atomic E-state index is 13.2. The summed E-state index contributed by atoms with van der Waals surface area (Å²) in [7, 11) is 0. The minimum atomic E-state index is -0.786. The van der Waals surface area contributed by atoms with Crippen LogP contribution in [0.25, 0.3) is 0 Å². The van der Waals surface area contributed by atoms with Gasteiger partial charge in [-0.15, -0.1) is 0 Å². The summed E-state index contributed by atoms with van der Waals surface area (Å²) in [5.74, 6) is -0.475. The molecule has 0 aliphatic rings. The molecule has 3 unspecified atom stereocenters. The van der Waals surface area contributed by atoms with Gasteiger partial charge in [0.15, 0.2) is 0 Å². The Morgan fingerprint density at radius 1 is 0.492 bits per heavy atom. The average Bonchev–Trinajstić information content (AvgIpc) is 3.25. The van der Waals surface area contributed by atoms with Crippen LogP contribution < -0.4 is 5.32 Å². The van der Waals surface area contributed by atoms with Gasteiger partial charge in [-0.05, 0) is 57.8 Å². The number of hydrogen-bond acceptors (Lipinski definition) is 5. The number of carbonyl (C=O) groups is 2. The predicted molar refractivity (Wildman–Crippen MR) is 264 cm³/mol. The molecule has 1 amide bonds. The molecule has 3 atom stereocenters. The van der Waals surface area contributed by atoms with Crippen LogP contribution in [0, 0.1) is 0 Å². The Labute approximate surface area is 379 Å². The number of allylic oxidation sites excluding steroid dienone is 6. The number of aliphatic hydroxyl groups is 2. The Bertz CT molecular complexity index is 1010. The molecule has 0 aromatic rings. The number of ether oxygens (including phenoxy) is 1. The smallest absolute Gasteiger partial charge is 0.306 e. The number of rotatable bonds is 48. The minimum Gasteiger partial charge on any atom is -0.462 e. The number of carbonyl (C=O) groups excluding carboxylic acids is 2. The third-order valence-corrected chi connectivity index (χ3v) is 12.2. The number of amides is 1. The van der Waals surface area contributed by atoms with Crippen molar-refractivity contribution < 1.29 is 24.5 Å². The normalized spacial score (nSPS) is 13.5. The average molecular weight is 858 g/mol. The van der Waals surface area contributed by atoms with Crippen molar-refractivity contribution in [1.29, 1.82) is 0 Å². The van der Waals surface area contributed by atoms with Crippen LogP contribution in [-0.2, 0) is 14.3 Å². The van der Waals surface area contributed by atoms with Gasteiger partial charge in [-0.25, -0.2) is 0 Å². The first-order valence-corrected chi connectivity index (χ1v) is 26.7. The highest BCUT2D eigenvalue weighted by Crippen LogP contribution is 2.18. The highest BCUT2D eigenvalue weighted by atomic mass is 16.5. The van der Waals surface area contributed by atoms with E-state index in [0.29, 0.717) is 19.3 Å². The summed E-state index contributed by atoms with van der Waals surface area (Å²) < 4.78 is 5.94. The molecule has 358 valence electrons. The molecule has 0 aliphatic carbocycles. The third-order valence-electron chi connectivity index (χ3n) is 12.2. The summed E-state index contributed by atoms with van der Waals surface area (Å²) in [5.41, 5.74) is 0. The topological polar surface area (TPSA) is 95.9 Å². The predicted octanol–water partition coefficient (Wildman–Crippen LogP) is 16.1. The molecule has 0 saturated heterocycles. The van der Waals surface area contributed by atoms with E-state index < -0.39 is 18.2 Å². The molecule has 0 saturated carbocycles. The Morgan fingerprint density at radius 3 is 1.34 bits per heavy atom. The molecule has 0 aliphatic heterocycles. The number of esters is 1. The summed E-state index contributed by atoms with van der Waals surface area (Å²) in [4.78, 5) is 26.2. The molecule has 3 N–H and O–H groups in total. The van der Waals surface area contributed by atoms with Gasteiger partial charge < -0.3 is 20.3 Å². The molecule has 0 fully saturated rings. The minimum absolute atomic E-state index is 0.0764. The van der Waals surface area contributed by atoms with E-state index in [1.165, 1.54) is 161 Å². The lowest BCUT2D eigenvalue weighted by atomic mass is 10.0. The van der Waals surface area contributed by atoms with Gasteiger partial charge in [-0.2, -0.15) is 0 Å². The fourth-order valence-electron chi connectivity index (χ4n) is 8.21. The molecule has 0 aromatic heterocycles. The zero-order valence-electron chi connectivity index (χ0n) is 40.8. The summed E-state index contributed by atoms with van der Waals surface area (Å²) in [5, 5.41) is 23.8.